The van der Waals surface area contributed by atoms with Gasteiger partial charge in [0.2, 0.25) is 5.91 Å². The van der Waals surface area contributed by atoms with Crippen molar-refractivity contribution in [3.63, 3.8) is 0 Å². The van der Waals surface area contributed by atoms with Crippen molar-refractivity contribution in [3.8, 4) is 0 Å². The summed E-state index contributed by atoms with van der Waals surface area (Å²) in [6, 6.07) is 12.9. The van der Waals surface area contributed by atoms with Crippen LogP contribution >= 0.6 is 0 Å². The second kappa shape index (κ2) is 8.58. The average molecular weight is 367 g/mol. The molecule has 2 N–H and O–H groups in total. The molecule has 1 atom stereocenters. The van der Waals surface area contributed by atoms with Crippen molar-refractivity contribution in [2.45, 2.75) is 32.9 Å². The Labute approximate surface area is 158 Å². The molecule has 0 aliphatic carbocycles. The van der Waals surface area contributed by atoms with Gasteiger partial charge in [-0.1, -0.05) is 32.0 Å². The summed E-state index contributed by atoms with van der Waals surface area (Å²) in [5.74, 6) is -0.389. The van der Waals surface area contributed by atoms with Crippen molar-refractivity contribution in [1.82, 2.24) is 15.2 Å². The van der Waals surface area contributed by atoms with Crippen LogP contribution in [0, 0.1) is 5.92 Å². The van der Waals surface area contributed by atoms with Gasteiger partial charge in [-0.05, 0) is 42.0 Å². The molecule has 0 saturated heterocycles. The monoisotopic (exact) mass is 367 g/mol. The van der Waals surface area contributed by atoms with Crippen LogP contribution in [0.5, 0.6) is 0 Å². The van der Waals surface area contributed by atoms with Crippen LogP contribution in [0.3, 0.4) is 0 Å². The smallest absolute Gasteiger partial charge is 0.287 e. The lowest BCUT2D eigenvalue weighted by molar-refractivity contribution is -0.123. The average Bonchev–Trinajstić information content (AvgIpc) is 3.33. The molecule has 0 bridgehead atoms. The number of fused-ring (bicyclic) bond motifs is 1. The molecule has 0 saturated carbocycles. The molecule has 6 nitrogen and oxygen atoms in total. The zero-order valence-electron chi connectivity index (χ0n) is 15.6. The molecule has 1 aromatic carbocycles. The molecular formula is C21H25N3O3. The van der Waals surface area contributed by atoms with Crippen molar-refractivity contribution in [3.05, 3.63) is 60.7 Å². The van der Waals surface area contributed by atoms with Crippen LogP contribution in [0.1, 0.15) is 30.8 Å². The summed E-state index contributed by atoms with van der Waals surface area (Å²) in [5, 5.41) is 6.89. The van der Waals surface area contributed by atoms with Crippen molar-refractivity contribution < 1.29 is 14.0 Å². The molecule has 0 unspecified atom stereocenters. The summed E-state index contributed by atoms with van der Waals surface area (Å²) in [4.78, 5) is 24.6. The molecule has 0 fully saturated rings. The minimum atomic E-state index is -0.602. The van der Waals surface area contributed by atoms with Gasteiger partial charge in [-0.3, -0.25) is 9.59 Å². The molecule has 2 heterocycles. The summed E-state index contributed by atoms with van der Waals surface area (Å²) < 4.78 is 7.26. The molecule has 3 rings (SSSR count). The predicted octanol–water partition coefficient (Wildman–Crippen LogP) is 3.20. The number of rotatable bonds is 8. The second-order valence-corrected chi connectivity index (χ2v) is 6.88. The third-order valence-corrected chi connectivity index (χ3v) is 4.54. The Morgan fingerprint density at radius 2 is 1.93 bits per heavy atom. The van der Waals surface area contributed by atoms with Crippen molar-refractivity contribution in [1.29, 1.82) is 0 Å². The first kappa shape index (κ1) is 18.8. The molecule has 6 heteroatoms. The molecule has 3 aromatic rings. The first-order valence-corrected chi connectivity index (χ1v) is 9.22. The fourth-order valence-corrected chi connectivity index (χ4v) is 3.06. The molecular weight excluding hydrogens is 342 g/mol. The molecule has 142 valence electrons. The number of aryl methyl sites for hydroxylation is 1. The number of aromatic nitrogens is 1. The van der Waals surface area contributed by atoms with Gasteiger partial charge in [-0.15, -0.1) is 0 Å². The van der Waals surface area contributed by atoms with E-state index in [4.69, 9.17) is 4.42 Å². The third kappa shape index (κ3) is 4.58. The number of para-hydroxylation sites is 1. The number of carbonyl (C=O) groups is 2. The number of hydrogen-bond acceptors (Lipinski definition) is 3. The number of hydrogen-bond donors (Lipinski definition) is 2. The van der Waals surface area contributed by atoms with Gasteiger partial charge in [0, 0.05) is 24.8 Å². The molecule has 0 aliphatic rings. The first-order valence-electron chi connectivity index (χ1n) is 9.22. The number of nitrogens with one attached hydrogen (secondary N) is 2. The normalized spacial score (nSPS) is 12.3. The maximum absolute atomic E-state index is 12.5. The van der Waals surface area contributed by atoms with Gasteiger partial charge in [0.15, 0.2) is 5.76 Å². The number of nitrogens with zero attached hydrogens (tertiary/aromatic N) is 1. The molecule has 2 aromatic heterocycles. The van der Waals surface area contributed by atoms with Crippen LogP contribution in [0.2, 0.25) is 0 Å². The topological polar surface area (TPSA) is 76.3 Å². The Bertz CT molecular complexity index is 896. The fraction of sp³-hybridized carbons (Fsp3) is 0.333. The SMILES string of the molecule is CC(C)[C@@H](NC(=O)c1ccco1)C(=O)NCCCn1ccc2ccccc21. The summed E-state index contributed by atoms with van der Waals surface area (Å²) in [6.07, 6.45) is 4.30. The zero-order valence-corrected chi connectivity index (χ0v) is 15.6. The van der Waals surface area contributed by atoms with Crippen LogP contribution in [0.25, 0.3) is 10.9 Å². The van der Waals surface area contributed by atoms with Crippen LogP contribution in [-0.4, -0.2) is 29.0 Å². The molecule has 27 heavy (non-hydrogen) atoms. The zero-order chi connectivity index (χ0) is 19.2. The Hall–Kier alpha value is -3.02. The molecule has 0 aliphatic heterocycles. The van der Waals surface area contributed by atoms with E-state index >= 15 is 0 Å². The molecule has 0 spiro atoms. The van der Waals surface area contributed by atoms with Crippen LogP contribution < -0.4 is 10.6 Å². The first-order chi connectivity index (χ1) is 13.1. The summed E-state index contributed by atoms with van der Waals surface area (Å²) >= 11 is 0. The number of amides is 2. The Balaban J connectivity index is 1.50. The largest absolute Gasteiger partial charge is 0.459 e. The van der Waals surface area contributed by atoms with Crippen LogP contribution in [0.4, 0.5) is 0 Å². The summed E-state index contributed by atoms with van der Waals surface area (Å²) in [5.41, 5.74) is 1.19. The van der Waals surface area contributed by atoms with E-state index in [-0.39, 0.29) is 23.5 Å². The van der Waals surface area contributed by atoms with Gasteiger partial charge in [-0.2, -0.15) is 0 Å². The summed E-state index contributed by atoms with van der Waals surface area (Å²) in [6.45, 7) is 5.17. The lowest BCUT2D eigenvalue weighted by atomic mass is 10.0. The van der Waals surface area contributed by atoms with Crippen LogP contribution in [0.15, 0.2) is 59.3 Å². The number of benzene rings is 1. The second-order valence-electron chi connectivity index (χ2n) is 6.88. The highest BCUT2D eigenvalue weighted by Gasteiger charge is 2.25. The van der Waals surface area contributed by atoms with E-state index in [2.05, 4.69) is 39.6 Å². The standard InChI is InChI=1S/C21H25N3O3/c1-15(2)19(23-20(25)18-9-5-14-27-18)21(26)22-11-6-12-24-13-10-16-7-3-4-8-17(16)24/h3-5,7-10,13-15,19H,6,11-12H2,1-2H3,(H,22,26)(H,23,25)/t19-/m1/s1. The van der Waals surface area contributed by atoms with Gasteiger partial charge in [0.25, 0.3) is 5.91 Å². The quantitative estimate of drug-likeness (QED) is 0.600. The number of carbonyl (C=O) groups excluding carboxylic acids is 2. The van der Waals surface area contributed by atoms with E-state index in [1.807, 2.05) is 26.0 Å². The predicted molar refractivity (Wildman–Crippen MR) is 104 cm³/mol. The molecule has 0 radical (unpaired) electrons. The highest BCUT2D eigenvalue weighted by molar-refractivity contribution is 5.95. The highest BCUT2D eigenvalue weighted by Crippen LogP contribution is 2.15. The van der Waals surface area contributed by atoms with E-state index in [9.17, 15) is 9.59 Å². The van der Waals surface area contributed by atoms with E-state index in [1.165, 1.54) is 17.2 Å². The van der Waals surface area contributed by atoms with E-state index in [0.717, 1.165) is 13.0 Å². The lowest BCUT2D eigenvalue weighted by Crippen LogP contribution is -2.49. The maximum Gasteiger partial charge on any atom is 0.287 e. The highest BCUT2D eigenvalue weighted by atomic mass is 16.3. The Morgan fingerprint density at radius 3 is 2.67 bits per heavy atom. The van der Waals surface area contributed by atoms with Crippen molar-refractivity contribution >= 4 is 22.7 Å². The minimum absolute atomic E-state index is 0.0303. The van der Waals surface area contributed by atoms with E-state index in [1.54, 1.807) is 12.1 Å². The third-order valence-electron chi connectivity index (χ3n) is 4.54. The van der Waals surface area contributed by atoms with Gasteiger partial charge in [0.1, 0.15) is 6.04 Å². The van der Waals surface area contributed by atoms with E-state index in [0.29, 0.717) is 6.54 Å². The van der Waals surface area contributed by atoms with Crippen molar-refractivity contribution in [2.75, 3.05) is 6.54 Å². The Morgan fingerprint density at radius 1 is 1.11 bits per heavy atom. The van der Waals surface area contributed by atoms with Gasteiger partial charge >= 0.3 is 0 Å². The lowest BCUT2D eigenvalue weighted by Gasteiger charge is -2.21. The van der Waals surface area contributed by atoms with Gasteiger partial charge < -0.3 is 19.6 Å². The van der Waals surface area contributed by atoms with E-state index < -0.39 is 6.04 Å². The molecule has 2 amide bonds. The summed E-state index contributed by atoms with van der Waals surface area (Å²) in [7, 11) is 0. The maximum atomic E-state index is 12.5. The van der Waals surface area contributed by atoms with Crippen molar-refractivity contribution in [2.24, 2.45) is 5.92 Å². The minimum Gasteiger partial charge on any atom is -0.459 e. The van der Waals surface area contributed by atoms with Gasteiger partial charge in [0.05, 0.1) is 6.26 Å². The number of furan rings is 1. The fourth-order valence-electron chi connectivity index (χ4n) is 3.06. The van der Waals surface area contributed by atoms with Gasteiger partial charge in [-0.25, -0.2) is 0 Å². The Kier molecular flexibility index (Phi) is 5.96. The van der Waals surface area contributed by atoms with Crippen LogP contribution in [-0.2, 0) is 11.3 Å².